The van der Waals surface area contributed by atoms with Crippen LogP contribution in [0.25, 0.3) is 0 Å². The minimum atomic E-state index is 0. The third kappa shape index (κ3) is 3.80. The second-order valence-corrected chi connectivity index (χ2v) is 5.85. The molecule has 1 saturated carbocycles. The average Bonchev–Trinajstić information content (AvgIpc) is 2.36. The first kappa shape index (κ1) is 18.1. The van der Waals surface area contributed by atoms with Crippen LogP contribution in [0.2, 0.25) is 5.02 Å². The lowest BCUT2D eigenvalue weighted by Gasteiger charge is -2.43. The summed E-state index contributed by atoms with van der Waals surface area (Å²) in [6, 6.07) is 8.93. The second-order valence-electron chi connectivity index (χ2n) is 5.44. The van der Waals surface area contributed by atoms with Gasteiger partial charge in [-0.15, -0.1) is 24.8 Å². The molecule has 3 rings (SSSR count). The molecule has 1 aliphatic carbocycles. The summed E-state index contributed by atoms with van der Waals surface area (Å²) in [5.41, 5.74) is 1.34. The first-order valence-corrected chi connectivity index (χ1v) is 7.43. The van der Waals surface area contributed by atoms with Crippen LogP contribution in [0.3, 0.4) is 0 Å². The first-order chi connectivity index (χ1) is 8.86. The minimum Gasteiger partial charge on any atom is -0.314 e. The van der Waals surface area contributed by atoms with Crippen molar-refractivity contribution in [2.75, 3.05) is 26.2 Å². The van der Waals surface area contributed by atoms with Gasteiger partial charge >= 0.3 is 0 Å². The van der Waals surface area contributed by atoms with E-state index >= 15 is 0 Å². The van der Waals surface area contributed by atoms with Gasteiger partial charge in [0.25, 0.3) is 0 Å². The lowest BCUT2D eigenvalue weighted by atomic mass is 9.76. The number of halogens is 3. The Balaban J connectivity index is 0.000001000. The van der Waals surface area contributed by atoms with E-state index in [1.54, 1.807) is 0 Å². The van der Waals surface area contributed by atoms with Crippen molar-refractivity contribution in [1.29, 1.82) is 0 Å². The van der Waals surface area contributed by atoms with Crippen LogP contribution in [-0.2, 0) is 0 Å². The van der Waals surface area contributed by atoms with Crippen LogP contribution in [0.5, 0.6) is 0 Å². The molecule has 1 aromatic rings. The van der Waals surface area contributed by atoms with Crippen LogP contribution in [-0.4, -0.2) is 31.1 Å². The number of benzene rings is 1. The van der Waals surface area contributed by atoms with Crippen molar-refractivity contribution < 1.29 is 0 Å². The van der Waals surface area contributed by atoms with Crippen molar-refractivity contribution in [3.63, 3.8) is 0 Å². The summed E-state index contributed by atoms with van der Waals surface area (Å²) >= 11 is 6.42. The standard InChI is InChI=1S/C15H21ClN2.2ClH/c16-14-7-2-1-6-13(14)15(12-4-3-5-12)18-10-8-17-9-11-18;;/h1-2,6-7,12,15,17H,3-5,8-11H2;2*1H/t15-;;/m1../s1. The Morgan fingerprint density at radius 1 is 1.10 bits per heavy atom. The van der Waals surface area contributed by atoms with Crippen molar-refractivity contribution >= 4 is 36.4 Å². The Morgan fingerprint density at radius 3 is 2.30 bits per heavy atom. The number of nitrogens with one attached hydrogen (secondary N) is 1. The lowest BCUT2D eigenvalue weighted by molar-refractivity contribution is 0.0838. The van der Waals surface area contributed by atoms with E-state index in [1.807, 2.05) is 12.1 Å². The van der Waals surface area contributed by atoms with Crippen molar-refractivity contribution in [2.45, 2.75) is 25.3 Å². The van der Waals surface area contributed by atoms with Crippen molar-refractivity contribution in [3.05, 3.63) is 34.9 Å². The summed E-state index contributed by atoms with van der Waals surface area (Å²) in [7, 11) is 0. The summed E-state index contributed by atoms with van der Waals surface area (Å²) in [5.74, 6) is 0.808. The fourth-order valence-electron chi connectivity index (χ4n) is 3.18. The Bertz CT molecular complexity index is 404. The number of hydrogen-bond acceptors (Lipinski definition) is 2. The van der Waals surface area contributed by atoms with Crippen molar-refractivity contribution in [1.82, 2.24) is 10.2 Å². The third-order valence-corrected chi connectivity index (χ3v) is 4.71. The maximum absolute atomic E-state index is 6.42. The highest BCUT2D eigenvalue weighted by molar-refractivity contribution is 6.31. The fraction of sp³-hybridized carbons (Fsp3) is 0.600. The van der Waals surface area contributed by atoms with Gasteiger partial charge < -0.3 is 5.32 Å². The second kappa shape index (κ2) is 8.45. The predicted molar refractivity (Wildman–Crippen MR) is 90.5 cm³/mol. The average molecular weight is 338 g/mol. The number of rotatable bonds is 3. The highest BCUT2D eigenvalue weighted by Crippen LogP contribution is 2.43. The zero-order chi connectivity index (χ0) is 12.4. The molecule has 0 aromatic heterocycles. The molecule has 1 aromatic carbocycles. The maximum Gasteiger partial charge on any atom is 0.0453 e. The van der Waals surface area contributed by atoms with E-state index in [4.69, 9.17) is 11.6 Å². The molecule has 2 nitrogen and oxygen atoms in total. The number of piperazine rings is 1. The monoisotopic (exact) mass is 336 g/mol. The summed E-state index contributed by atoms with van der Waals surface area (Å²) < 4.78 is 0. The molecule has 0 amide bonds. The summed E-state index contributed by atoms with van der Waals surface area (Å²) in [6.07, 6.45) is 4.11. The highest BCUT2D eigenvalue weighted by Gasteiger charge is 2.34. The molecular weight excluding hydrogens is 315 g/mol. The lowest BCUT2D eigenvalue weighted by Crippen LogP contribution is -2.47. The largest absolute Gasteiger partial charge is 0.314 e. The maximum atomic E-state index is 6.42. The van der Waals surface area contributed by atoms with E-state index in [0.717, 1.165) is 37.1 Å². The molecule has 2 fully saturated rings. The topological polar surface area (TPSA) is 15.3 Å². The summed E-state index contributed by atoms with van der Waals surface area (Å²) in [4.78, 5) is 2.63. The predicted octanol–water partition coefficient (Wildman–Crippen LogP) is 3.93. The Kier molecular flexibility index (Phi) is 7.63. The molecule has 0 radical (unpaired) electrons. The molecule has 2 aliphatic rings. The SMILES string of the molecule is Cl.Cl.Clc1ccccc1[C@@H](C1CCC1)N1CCNCC1. The summed E-state index contributed by atoms with van der Waals surface area (Å²) in [5, 5.41) is 4.37. The summed E-state index contributed by atoms with van der Waals surface area (Å²) in [6.45, 7) is 4.50. The Morgan fingerprint density at radius 2 is 1.75 bits per heavy atom. The Hall–Kier alpha value is 0.01000. The van der Waals surface area contributed by atoms with Gasteiger partial charge in [0.05, 0.1) is 0 Å². The van der Waals surface area contributed by atoms with Gasteiger partial charge in [0.15, 0.2) is 0 Å². The third-order valence-electron chi connectivity index (χ3n) is 4.37. The number of nitrogens with zero attached hydrogens (tertiary/aromatic N) is 1. The zero-order valence-corrected chi connectivity index (χ0v) is 13.9. The normalized spacial score (nSPS) is 21.2. The van der Waals surface area contributed by atoms with Gasteiger partial charge in [0.2, 0.25) is 0 Å². The molecule has 1 aliphatic heterocycles. The van der Waals surface area contributed by atoms with Crippen LogP contribution >= 0.6 is 36.4 Å². The van der Waals surface area contributed by atoms with E-state index in [-0.39, 0.29) is 24.8 Å². The smallest absolute Gasteiger partial charge is 0.0453 e. The van der Waals surface area contributed by atoms with Crippen LogP contribution in [0.1, 0.15) is 30.9 Å². The van der Waals surface area contributed by atoms with Gasteiger partial charge in [-0.1, -0.05) is 36.2 Å². The van der Waals surface area contributed by atoms with Gasteiger partial charge in [-0.05, 0) is 30.4 Å². The first-order valence-electron chi connectivity index (χ1n) is 7.05. The van der Waals surface area contributed by atoms with Gasteiger partial charge in [0, 0.05) is 37.2 Å². The highest BCUT2D eigenvalue weighted by atomic mass is 35.5. The number of hydrogen-bond donors (Lipinski definition) is 1. The van der Waals surface area contributed by atoms with E-state index in [1.165, 1.54) is 24.8 Å². The molecule has 1 N–H and O–H groups in total. The Labute approximate surface area is 139 Å². The van der Waals surface area contributed by atoms with Gasteiger partial charge in [-0.2, -0.15) is 0 Å². The minimum absolute atomic E-state index is 0. The quantitative estimate of drug-likeness (QED) is 0.899. The molecule has 114 valence electrons. The van der Waals surface area contributed by atoms with Crippen LogP contribution in [0.15, 0.2) is 24.3 Å². The fourth-order valence-corrected chi connectivity index (χ4v) is 3.43. The van der Waals surface area contributed by atoms with Gasteiger partial charge in [-0.3, -0.25) is 4.90 Å². The van der Waals surface area contributed by atoms with Gasteiger partial charge in [0.1, 0.15) is 0 Å². The van der Waals surface area contributed by atoms with Gasteiger partial charge in [-0.25, -0.2) is 0 Å². The van der Waals surface area contributed by atoms with Crippen LogP contribution in [0.4, 0.5) is 0 Å². The molecule has 0 bridgehead atoms. The van der Waals surface area contributed by atoms with E-state index in [2.05, 4.69) is 22.3 Å². The van der Waals surface area contributed by atoms with E-state index < -0.39 is 0 Å². The van der Waals surface area contributed by atoms with E-state index in [9.17, 15) is 0 Å². The molecule has 1 saturated heterocycles. The van der Waals surface area contributed by atoms with E-state index in [0.29, 0.717) is 6.04 Å². The molecule has 1 atom stereocenters. The molecule has 0 unspecified atom stereocenters. The van der Waals surface area contributed by atoms with Crippen molar-refractivity contribution in [3.8, 4) is 0 Å². The molecular formula is C15H23Cl3N2. The van der Waals surface area contributed by atoms with Crippen molar-refractivity contribution in [2.24, 2.45) is 5.92 Å². The van der Waals surface area contributed by atoms with Crippen LogP contribution < -0.4 is 5.32 Å². The molecule has 5 heteroatoms. The zero-order valence-electron chi connectivity index (χ0n) is 11.6. The molecule has 20 heavy (non-hydrogen) atoms. The molecule has 1 heterocycles. The molecule has 0 spiro atoms. The van der Waals surface area contributed by atoms with Crippen LogP contribution in [0, 0.1) is 5.92 Å².